The summed E-state index contributed by atoms with van der Waals surface area (Å²) < 4.78 is 5.20. The molecule has 1 aliphatic rings. The van der Waals surface area contributed by atoms with Crippen molar-refractivity contribution in [2.75, 3.05) is 37.6 Å². The van der Waals surface area contributed by atoms with Gasteiger partial charge >= 0.3 is 0 Å². The number of benzene rings is 1. The lowest BCUT2D eigenvalue weighted by molar-refractivity contribution is -0.130. The Balaban J connectivity index is 1.26. The van der Waals surface area contributed by atoms with Gasteiger partial charge in [0, 0.05) is 43.0 Å². The van der Waals surface area contributed by atoms with E-state index in [9.17, 15) is 9.59 Å². The molecule has 29 heavy (non-hydrogen) atoms. The highest BCUT2D eigenvalue weighted by Gasteiger charge is 2.22. The van der Waals surface area contributed by atoms with Crippen LogP contribution < -0.4 is 10.2 Å². The number of carbonyl (C=O) groups is 2. The number of nitrogens with one attached hydrogen (secondary N) is 1. The predicted octanol–water partition coefficient (Wildman–Crippen LogP) is 3.14. The maximum absolute atomic E-state index is 12.4. The van der Waals surface area contributed by atoms with E-state index in [0.717, 1.165) is 23.7 Å². The van der Waals surface area contributed by atoms with Crippen molar-refractivity contribution in [3.8, 4) is 10.6 Å². The van der Waals surface area contributed by atoms with Crippen LogP contribution in [0.15, 0.2) is 52.4 Å². The maximum atomic E-state index is 12.4. The van der Waals surface area contributed by atoms with Crippen LogP contribution in [0.1, 0.15) is 10.5 Å². The largest absolute Gasteiger partial charge is 0.368 e. The first-order valence-corrected chi connectivity index (χ1v) is 10.4. The van der Waals surface area contributed by atoms with Crippen molar-refractivity contribution in [1.82, 2.24) is 15.4 Å². The maximum Gasteiger partial charge on any atom is 0.273 e. The van der Waals surface area contributed by atoms with Gasteiger partial charge in [0.05, 0.1) is 11.4 Å². The van der Waals surface area contributed by atoms with Crippen molar-refractivity contribution in [3.05, 3.63) is 58.6 Å². The molecule has 0 saturated carbocycles. The van der Waals surface area contributed by atoms with Gasteiger partial charge in [-0.3, -0.25) is 9.59 Å². The summed E-state index contributed by atoms with van der Waals surface area (Å²) >= 11 is 7.43. The van der Waals surface area contributed by atoms with E-state index >= 15 is 0 Å². The molecule has 3 heterocycles. The number of halogens is 1. The predicted molar refractivity (Wildman–Crippen MR) is 112 cm³/mol. The van der Waals surface area contributed by atoms with Crippen molar-refractivity contribution >= 4 is 40.4 Å². The van der Waals surface area contributed by atoms with Crippen molar-refractivity contribution in [2.45, 2.75) is 0 Å². The van der Waals surface area contributed by atoms with E-state index < -0.39 is 5.91 Å². The first kappa shape index (κ1) is 19.5. The number of carbonyl (C=O) groups excluding carboxylic acids is 2. The van der Waals surface area contributed by atoms with Gasteiger partial charge in [0.15, 0.2) is 11.5 Å². The smallest absolute Gasteiger partial charge is 0.273 e. The summed E-state index contributed by atoms with van der Waals surface area (Å²) in [6.07, 6.45) is 0. The molecule has 1 fully saturated rings. The number of amides is 2. The zero-order chi connectivity index (χ0) is 20.2. The van der Waals surface area contributed by atoms with E-state index in [-0.39, 0.29) is 18.1 Å². The minimum atomic E-state index is -0.426. The van der Waals surface area contributed by atoms with Crippen molar-refractivity contribution < 1.29 is 14.1 Å². The van der Waals surface area contributed by atoms with Crippen LogP contribution in [0.3, 0.4) is 0 Å². The molecule has 0 spiro atoms. The second kappa shape index (κ2) is 8.67. The molecule has 0 unspecified atom stereocenters. The normalized spacial score (nSPS) is 14.1. The first-order chi connectivity index (χ1) is 14.1. The molecule has 1 saturated heterocycles. The molecule has 0 aliphatic carbocycles. The zero-order valence-corrected chi connectivity index (χ0v) is 17.1. The summed E-state index contributed by atoms with van der Waals surface area (Å²) in [5, 5.41) is 9.04. The quantitative estimate of drug-likeness (QED) is 0.672. The summed E-state index contributed by atoms with van der Waals surface area (Å²) in [4.78, 5) is 29.6. The number of thiophene rings is 1. The van der Waals surface area contributed by atoms with Gasteiger partial charge < -0.3 is 19.6 Å². The third-order valence-electron chi connectivity index (χ3n) is 4.73. The van der Waals surface area contributed by atoms with Gasteiger partial charge in [-0.15, -0.1) is 11.3 Å². The molecule has 1 aliphatic heterocycles. The lowest BCUT2D eigenvalue weighted by atomic mass is 10.2. The first-order valence-electron chi connectivity index (χ1n) is 9.17. The summed E-state index contributed by atoms with van der Waals surface area (Å²) in [7, 11) is 0. The summed E-state index contributed by atoms with van der Waals surface area (Å²) in [5.41, 5.74) is 1.25. The standard InChI is InChI=1S/C20H19ClN4O3S/c21-14-3-5-15(6-4-14)24-7-9-25(10-8-24)19(26)13-22-20(27)16-12-17(28-23-16)18-2-1-11-29-18/h1-6,11-12H,7-10,13H2,(H,22,27). The average Bonchev–Trinajstić information content (AvgIpc) is 3.44. The van der Waals surface area contributed by atoms with Gasteiger partial charge in [-0.2, -0.15) is 0 Å². The minimum absolute atomic E-state index is 0.0685. The molecule has 1 aromatic carbocycles. The van der Waals surface area contributed by atoms with Crippen molar-refractivity contribution in [2.24, 2.45) is 0 Å². The average molecular weight is 431 g/mol. The fraction of sp³-hybridized carbons (Fsp3) is 0.250. The summed E-state index contributed by atoms with van der Waals surface area (Å²) in [6.45, 7) is 2.60. The number of hydrogen-bond acceptors (Lipinski definition) is 6. The number of nitrogens with zero attached hydrogens (tertiary/aromatic N) is 3. The highest BCUT2D eigenvalue weighted by molar-refractivity contribution is 7.13. The van der Waals surface area contributed by atoms with Crippen LogP contribution in [-0.4, -0.2) is 54.6 Å². The van der Waals surface area contributed by atoms with Crippen LogP contribution in [0, 0.1) is 0 Å². The SMILES string of the molecule is O=C(NCC(=O)N1CCN(c2ccc(Cl)cc2)CC1)c1cc(-c2cccs2)on1. The van der Waals surface area contributed by atoms with Crippen LogP contribution in [0.25, 0.3) is 10.6 Å². The Morgan fingerprint density at radius 3 is 2.59 bits per heavy atom. The molecule has 4 rings (SSSR count). The van der Waals surface area contributed by atoms with Gasteiger partial charge in [-0.1, -0.05) is 22.8 Å². The fourth-order valence-electron chi connectivity index (χ4n) is 3.14. The van der Waals surface area contributed by atoms with Crippen LogP contribution in [0.5, 0.6) is 0 Å². The molecule has 0 radical (unpaired) electrons. The number of anilines is 1. The fourth-order valence-corrected chi connectivity index (χ4v) is 3.94. The van der Waals surface area contributed by atoms with Gasteiger partial charge in [-0.25, -0.2) is 0 Å². The van der Waals surface area contributed by atoms with Crippen molar-refractivity contribution in [1.29, 1.82) is 0 Å². The molecule has 9 heteroatoms. The molecular formula is C20H19ClN4O3S. The van der Waals surface area contributed by atoms with Crippen LogP contribution in [0.2, 0.25) is 5.02 Å². The second-order valence-corrected chi connectivity index (χ2v) is 7.96. The molecule has 0 atom stereocenters. The lowest BCUT2D eigenvalue weighted by Crippen LogP contribution is -2.51. The Labute approximate surface area is 176 Å². The van der Waals surface area contributed by atoms with Gasteiger partial charge in [-0.05, 0) is 35.7 Å². The molecule has 0 bridgehead atoms. The minimum Gasteiger partial charge on any atom is -0.368 e. The van der Waals surface area contributed by atoms with Crippen LogP contribution in [0.4, 0.5) is 5.69 Å². The highest BCUT2D eigenvalue weighted by atomic mass is 35.5. The topological polar surface area (TPSA) is 78.7 Å². The number of piperazine rings is 1. The highest BCUT2D eigenvalue weighted by Crippen LogP contribution is 2.25. The van der Waals surface area contributed by atoms with Gasteiger partial charge in [0.2, 0.25) is 5.91 Å². The Kier molecular flexibility index (Phi) is 5.82. The number of hydrogen-bond donors (Lipinski definition) is 1. The molecule has 2 amide bonds. The Hall–Kier alpha value is -2.84. The monoisotopic (exact) mass is 430 g/mol. The summed E-state index contributed by atoms with van der Waals surface area (Å²) in [6, 6.07) is 13.0. The Morgan fingerprint density at radius 1 is 1.14 bits per heavy atom. The molecule has 7 nitrogen and oxygen atoms in total. The van der Waals surface area contributed by atoms with E-state index in [1.54, 1.807) is 11.0 Å². The van der Waals surface area contributed by atoms with Gasteiger partial charge in [0.25, 0.3) is 5.91 Å². The Morgan fingerprint density at radius 2 is 1.90 bits per heavy atom. The van der Waals surface area contributed by atoms with E-state index in [4.69, 9.17) is 16.1 Å². The molecule has 150 valence electrons. The summed E-state index contributed by atoms with van der Waals surface area (Å²) in [5.74, 6) is -0.00409. The number of rotatable bonds is 5. The van der Waals surface area contributed by atoms with E-state index in [2.05, 4.69) is 15.4 Å². The third kappa shape index (κ3) is 4.60. The van der Waals surface area contributed by atoms with E-state index in [0.29, 0.717) is 23.9 Å². The number of aromatic nitrogens is 1. The molecule has 2 aromatic heterocycles. The van der Waals surface area contributed by atoms with E-state index in [1.807, 2.05) is 41.8 Å². The van der Waals surface area contributed by atoms with Crippen molar-refractivity contribution in [3.63, 3.8) is 0 Å². The van der Waals surface area contributed by atoms with Gasteiger partial charge in [0.1, 0.15) is 0 Å². The third-order valence-corrected chi connectivity index (χ3v) is 5.87. The Bertz CT molecular complexity index is 980. The van der Waals surface area contributed by atoms with Crippen LogP contribution >= 0.6 is 22.9 Å². The zero-order valence-electron chi connectivity index (χ0n) is 15.5. The lowest BCUT2D eigenvalue weighted by Gasteiger charge is -2.36. The molecule has 1 N–H and O–H groups in total. The van der Waals surface area contributed by atoms with Crippen LogP contribution in [-0.2, 0) is 4.79 Å². The van der Waals surface area contributed by atoms with E-state index in [1.165, 1.54) is 11.3 Å². The molecular weight excluding hydrogens is 412 g/mol. The molecule has 3 aromatic rings. The second-order valence-electron chi connectivity index (χ2n) is 6.58.